The smallest absolute Gasteiger partial charge is 0.277 e. The van der Waals surface area contributed by atoms with E-state index in [1.54, 1.807) is 22.3 Å². The lowest BCUT2D eigenvalue weighted by Crippen LogP contribution is -2.24. The van der Waals surface area contributed by atoms with Crippen molar-refractivity contribution in [3.8, 4) is 5.75 Å². The number of imidazole rings is 1. The second-order valence-corrected chi connectivity index (χ2v) is 5.50. The Morgan fingerprint density at radius 3 is 2.67 bits per heavy atom. The zero-order valence-corrected chi connectivity index (χ0v) is 13.3. The van der Waals surface area contributed by atoms with Gasteiger partial charge in [-0.3, -0.25) is 9.20 Å². The van der Waals surface area contributed by atoms with Gasteiger partial charge in [-0.05, 0) is 40.5 Å². The molecular weight excluding hydrogens is 334 g/mol. The summed E-state index contributed by atoms with van der Waals surface area (Å²) in [6.45, 7) is 2.44. The maximum atomic E-state index is 12.5. The van der Waals surface area contributed by atoms with Gasteiger partial charge in [-0.25, -0.2) is 4.98 Å². The molecule has 0 radical (unpaired) electrons. The first-order chi connectivity index (χ1) is 10.1. The van der Waals surface area contributed by atoms with Crippen molar-refractivity contribution in [3.05, 3.63) is 63.0 Å². The second-order valence-electron chi connectivity index (χ2n) is 4.79. The molecule has 0 fully saturated rings. The SMILES string of the molecule is COc1ccc(Cn2c(C)cn3c(Br)ncc3c2=O)cc1. The van der Waals surface area contributed by atoms with Crippen LogP contribution in [0.25, 0.3) is 5.52 Å². The van der Waals surface area contributed by atoms with Crippen molar-refractivity contribution >= 4 is 21.4 Å². The first kappa shape index (κ1) is 13.9. The molecule has 2 aromatic heterocycles. The van der Waals surface area contributed by atoms with Gasteiger partial charge in [-0.15, -0.1) is 0 Å². The lowest BCUT2D eigenvalue weighted by Gasteiger charge is -2.11. The molecule has 0 unspecified atom stereocenters. The largest absolute Gasteiger partial charge is 0.497 e. The fraction of sp³-hybridized carbons (Fsp3) is 0.200. The van der Waals surface area contributed by atoms with E-state index >= 15 is 0 Å². The molecule has 0 aliphatic heterocycles. The predicted molar refractivity (Wildman–Crippen MR) is 84.0 cm³/mol. The summed E-state index contributed by atoms with van der Waals surface area (Å²) in [7, 11) is 1.63. The molecule has 0 aliphatic rings. The number of halogens is 1. The van der Waals surface area contributed by atoms with E-state index in [0.717, 1.165) is 17.0 Å². The lowest BCUT2D eigenvalue weighted by atomic mass is 10.2. The third-order valence-corrected chi connectivity index (χ3v) is 4.04. The fourth-order valence-electron chi connectivity index (χ4n) is 2.28. The van der Waals surface area contributed by atoms with Crippen LogP contribution in [0.5, 0.6) is 5.75 Å². The Morgan fingerprint density at radius 1 is 1.29 bits per heavy atom. The molecule has 3 rings (SSSR count). The number of rotatable bonds is 3. The van der Waals surface area contributed by atoms with E-state index in [2.05, 4.69) is 20.9 Å². The van der Waals surface area contributed by atoms with Crippen molar-refractivity contribution in [1.82, 2.24) is 14.0 Å². The molecule has 0 amide bonds. The van der Waals surface area contributed by atoms with Gasteiger partial charge in [-0.1, -0.05) is 12.1 Å². The van der Waals surface area contributed by atoms with Crippen LogP contribution in [-0.2, 0) is 6.54 Å². The highest BCUT2D eigenvalue weighted by atomic mass is 79.9. The summed E-state index contributed by atoms with van der Waals surface area (Å²) in [6, 6.07) is 7.70. The molecule has 21 heavy (non-hydrogen) atoms. The number of aryl methyl sites for hydroxylation is 1. The number of hydrogen-bond acceptors (Lipinski definition) is 3. The summed E-state index contributed by atoms with van der Waals surface area (Å²) in [5, 5.41) is 0. The van der Waals surface area contributed by atoms with Gasteiger partial charge >= 0.3 is 0 Å². The molecule has 108 valence electrons. The molecule has 0 spiro atoms. The van der Waals surface area contributed by atoms with Gasteiger partial charge in [0.15, 0.2) is 4.73 Å². The topological polar surface area (TPSA) is 48.5 Å². The molecule has 0 N–H and O–H groups in total. The molecule has 0 aliphatic carbocycles. The Bertz CT molecular complexity index is 850. The summed E-state index contributed by atoms with van der Waals surface area (Å²) >= 11 is 3.33. The van der Waals surface area contributed by atoms with Crippen LogP contribution < -0.4 is 10.3 Å². The number of hydrogen-bond donors (Lipinski definition) is 0. The number of benzene rings is 1. The van der Waals surface area contributed by atoms with Crippen LogP contribution >= 0.6 is 15.9 Å². The average molecular weight is 348 g/mol. The predicted octanol–water partition coefficient (Wildman–Crippen LogP) is 2.62. The standard InChI is InChI=1S/C15H14BrN3O2/c1-10-8-19-13(7-17-15(19)16)14(20)18(10)9-11-3-5-12(21-2)6-4-11/h3-8H,9H2,1-2H3. The minimum atomic E-state index is -0.0518. The fourth-order valence-corrected chi connectivity index (χ4v) is 2.68. The number of fused-ring (bicyclic) bond motifs is 1. The van der Waals surface area contributed by atoms with Crippen molar-refractivity contribution in [3.63, 3.8) is 0 Å². The summed E-state index contributed by atoms with van der Waals surface area (Å²) < 4.78 is 9.27. The Morgan fingerprint density at radius 2 is 2.00 bits per heavy atom. The molecule has 5 nitrogen and oxygen atoms in total. The van der Waals surface area contributed by atoms with Gasteiger partial charge in [0.25, 0.3) is 5.56 Å². The van der Waals surface area contributed by atoms with E-state index < -0.39 is 0 Å². The Kier molecular flexibility index (Phi) is 3.55. The molecule has 3 aromatic rings. The van der Waals surface area contributed by atoms with Crippen LogP contribution in [0.15, 0.2) is 46.2 Å². The molecule has 0 bridgehead atoms. The van der Waals surface area contributed by atoms with E-state index in [1.807, 2.05) is 37.4 Å². The minimum absolute atomic E-state index is 0.0518. The zero-order chi connectivity index (χ0) is 15.0. The summed E-state index contributed by atoms with van der Waals surface area (Å²) in [5.74, 6) is 0.804. The van der Waals surface area contributed by atoms with E-state index in [4.69, 9.17) is 4.74 Å². The van der Waals surface area contributed by atoms with Gasteiger partial charge in [-0.2, -0.15) is 0 Å². The van der Waals surface area contributed by atoms with Crippen molar-refractivity contribution < 1.29 is 4.74 Å². The highest BCUT2D eigenvalue weighted by molar-refractivity contribution is 9.10. The van der Waals surface area contributed by atoms with Crippen LogP contribution in [0, 0.1) is 6.92 Å². The van der Waals surface area contributed by atoms with E-state index in [-0.39, 0.29) is 5.56 Å². The number of ether oxygens (including phenoxy) is 1. The van der Waals surface area contributed by atoms with Crippen molar-refractivity contribution in [2.75, 3.05) is 7.11 Å². The normalized spacial score (nSPS) is 11.0. The minimum Gasteiger partial charge on any atom is -0.497 e. The number of aromatic nitrogens is 3. The van der Waals surface area contributed by atoms with Crippen LogP contribution in [0.2, 0.25) is 0 Å². The molecule has 0 saturated heterocycles. The summed E-state index contributed by atoms with van der Waals surface area (Å²) in [6.07, 6.45) is 3.48. The Balaban J connectivity index is 2.05. The molecule has 2 heterocycles. The molecule has 1 aromatic carbocycles. The third-order valence-electron chi connectivity index (χ3n) is 3.46. The Hall–Kier alpha value is -2.08. The van der Waals surface area contributed by atoms with E-state index in [9.17, 15) is 4.79 Å². The van der Waals surface area contributed by atoms with Gasteiger partial charge in [0.2, 0.25) is 0 Å². The highest BCUT2D eigenvalue weighted by Gasteiger charge is 2.10. The van der Waals surface area contributed by atoms with Crippen LogP contribution in [-0.4, -0.2) is 21.1 Å². The zero-order valence-electron chi connectivity index (χ0n) is 11.7. The van der Waals surface area contributed by atoms with Crippen LogP contribution in [0.1, 0.15) is 11.3 Å². The maximum Gasteiger partial charge on any atom is 0.277 e. The summed E-state index contributed by atoms with van der Waals surface area (Å²) in [5.41, 5.74) is 2.43. The van der Waals surface area contributed by atoms with Gasteiger partial charge in [0.1, 0.15) is 11.3 Å². The monoisotopic (exact) mass is 347 g/mol. The summed E-state index contributed by atoms with van der Waals surface area (Å²) in [4.78, 5) is 16.7. The molecule has 6 heteroatoms. The van der Waals surface area contributed by atoms with E-state index in [0.29, 0.717) is 16.8 Å². The average Bonchev–Trinajstić information content (AvgIpc) is 2.86. The highest BCUT2D eigenvalue weighted by Crippen LogP contribution is 2.14. The molecule has 0 atom stereocenters. The van der Waals surface area contributed by atoms with Gasteiger partial charge in [0.05, 0.1) is 19.9 Å². The third kappa shape index (κ3) is 2.47. The first-order valence-corrected chi connectivity index (χ1v) is 7.25. The first-order valence-electron chi connectivity index (χ1n) is 6.46. The van der Waals surface area contributed by atoms with E-state index in [1.165, 1.54) is 0 Å². The molecular formula is C15H14BrN3O2. The van der Waals surface area contributed by atoms with Gasteiger partial charge in [0, 0.05) is 11.9 Å². The second kappa shape index (κ2) is 5.37. The Labute approximate surface area is 129 Å². The van der Waals surface area contributed by atoms with Crippen molar-refractivity contribution in [1.29, 1.82) is 0 Å². The van der Waals surface area contributed by atoms with Crippen molar-refractivity contribution in [2.24, 2.45) is 0 Å². The van der Waals surface area contributed by atoms with Gasteiger partial charge < -0.3 is 9.30 Å². The van der Waals surface area contributed by atoms with Crippen LogP contribution in [0.4, 0.5) is 0 Å². The lowest BCUT2D eigenvalue weighted by molar-refractivity contribution is 0.414. The maximum absolute atomic E-state index is 12.5. The molecule has 0 saturated carbocycles. The quantitative estimate of drug-likeness (QED) is 0.731. The van der Waals surface area contributed by atoms with Crippen LogP contribution in [0.3, 0.4) is 0 Å². The number of methoxy groups -OCH3 is 1. The van der Waals surface area contributed by atoms with Crippen molar-refractivity contribution in [2.45, 2.75) is 13.5 Å². The number of nitrogens with zero attached hydrogens (tertiary/aromatic N) is 3.